The van der Waals surface area contributed by atoms with Gasteiger partial charge in [0.15, 0.2) is 0 Å². The Bertz CT molecular complexity index is 558. The first-order valence-electron chi connectivity index (χ1n) is 5.62. The van der Waals surface area contributed by atoms with Crippen LogP contribution in [0.2, 0.25) is 0 Å². The summed E-state index contributed by atoms with van der Waals surface area (Å²) >= 11 is 0. The van der Waals surface area contributed by atoms with Crippen molar-refractivity contribution in [2.24, 2.45) is 0 Å². The Balaban J connectivity index is 2.17. The second-order valence-electron chi connectivity index (χ2n) is 4.16. The number of benzene rings is 1. The van der Waals surface area contributed by atoms with E-state index in [1.165, 1.54) is 11.6 Å². The van der Waals surface area contributed by atoms with E-state index in [0.29, 0.717) is 12.1 Å². The summed E-state index contributed by atoms with van der Waals surface area (Å²) in [6, 6.07) is 13.3. The largest absolute Gasteiger partial charge is 0.425 e. The van der Waals surface area contributed by atoms with E-state index in [-0.39, 0.29) is 5.56 Å². The Labute approximate surface area is 99.9 Å². The summed E-state index contributed by atoms with van der Waals surface area (Å²) in [7, 11) is 0. The molecule has 0 atom stereocenters. The van der Waals surface area contributed by atoms with Crippen LogP contribution >= 0.6 is 0 Å². The van der Waals surface area contributed by atoms with E-state index in [2.05, 4.69) is 0 Å². The van der Waals surface area contributed by atoms with Crippen LogP contribution < -0.4 is 5.56 Å². The van der Waals surface area contributed by atoms with Gasteiger partial charge in [-0.15, -0.1) is 0 Å². The minimum absolute atomic E-state index is 0.368. The van der Waals surface area contributed by atoms with Gasteiger partial charge in [-0.25, -0.2) is 0 Å². The Morgan fingerprint density at radius 3 is 2.53 bits per heavy atom. The van der Waals surface area contributed by atoms with E-state index < -0.39 is 0 Å². The predicted molar refractivity (Wildman–Crippen MR) is 66.5 cm³/mol. The summed E-state index contributed by atoms with van der Waals surface area (Å²) in [6.07, 6.45) is 1.46. The van der Waals surface area contributed by atoms with Crippen LogP contribution in [0.4, 0.5) is 0 Å². The fraction of sp³-hybridized carbons (Fsp3) is 0.214. The molecule has 1 heterocycles. The molecule has 0 saturated carbocycles. The van der Waals surface area contributed by atoms with Crippen molar-refractivity contribution < 1.29 is 5.21 Å². The van der Waals surface area contributed by atoms with Crippen LogP contribution in [-0.2, 0) is 12.8 Å². The number of aryl methyl sites for hydroxylation is 3. The molecular formula is C14H15NO2. The summed E-state index contributed by atoms with van der Waals surface area (Å²) in [5, 5.41) is 9.60. The van der Waals surface area contributed by atoms with Crippen molar-refractivity contribution in [1.82, 2.24) is 4.73 Å². The molecule has 88 valence electrons. The number of hydrogen-bond acceptors (Lipinski definition) is 2. The molecule has 0 aliphatic heterocycles. The summed E-state index contributed by atoms with van der Waals surface area (Å²) < 4.78 is 0.732. The number of nitrogens with zero attached hydrogens (tertiary/aromatic N) is 1. The van der Waals surface area contributed by atoms with Gasteiger partial charge in [-0.3, -0.25) is 4.79 Å². The van der Waals surface area contributed by atoms with Crippen LogP contribution in [0.1, 0.15) is 16.8 Å². The molecule has 0 amide bonds. The SMILES string of the molecule is Cc1cc(CCc2ccccc2)n(O)c(=O)c1. The third-order valence-electron chi connectivity index (χ3n) is 2.74. The summed E-state index contributed by atoms with van der Waals surface area (Å²) in [4.78, 5) is 11.4. The maximum absolute atomic E-state index is 11.4. The Hall–Kier alpha value is -2.03. The zero-order chi connectivity index (χ0) is 12.3. The molecule has 0 fully saturated rings. The number of aromatic nitrogens is 1. The van der Waals surface area contributed by atoms with Gasteiger partial charge in [0.05, 0.1) is 5.69 Å². The maximum atomic E-state index is 11.4. The highest BCUT2D eigenvalue weighted by Crippen LogP contribution is 2.06. The first-order valence-corrected chi connectivity index (χ1v) is 5.62. The predicted octanol–water partition coefficient (Wildman–Crippen LogP) is 2.18. The average molecular weight is 229 g/mol. The van der Waals surface area contributed by atoms with Gasteiger partial charge in [0.25, 0.3) is 5.56 Å². The van der Waals surface area contributed by atoms with Crippen molar-refractivity contribution in [2.75, 3.05) is 0 Å². The zero-order valence-electron chi connectivity index (χ0n) is 9.76. The Morgan fingerprint density at radius 2 is 1.82 bits per heavy atom. The van der Waals surface area contributed by atoms with Crippen molar-refractivity contribution in [3.63, 3.8) is 0 Å². The molecule has 0 aliphatic rings. The monoisotopic (exact) mass is 229 g/mol. The second-order valence-corrected chi connectivity index (χ2v) is 4.16. The molecule has 2 rings (SSSR count). The van der Waals surface area contributed by atoms with E-state index in [4.69, 9.17) is 0 Å². The normalized spacial score (nSPS) is 10.4. The molecule has 2 aromatic rings. The highest BCUT2D eigenvalue weighted by molar-refractivity contribution is 5.19. The molecule has 0 spiro atoms. The van der Waals surface area contributed by atoms with Crippen LogP contribution in [0.3, 0.4) is 0 Å². The van der Waals surface area contributed by atoms with Crippen LogP contribution in [0.5, 0.6) is 0 Å². The van der Waals surface area contributed by atoms with Crippen LogP contribution in [0.15, 0.2) is 47.3 Å². The minimum Gasteiger partial charge on any atom is -0.425 e. The van der Waals surface area contributed by atoms with Gasteiger partial charge < -0.3 is 5.21 Å². The molecule has 0 bridgehead atoms. The second kappa shape index (κ2) is 4.87. The number of hydrogen-bond donors (Lipinski definition) is 1. The molecule has 0 unspecified atom stereocenters. The fourth-order valence-corrected chi connectivity index (χ4v) is 1.86. The number of pyridine rings is 1. The highest BCUT2D eigenvalue weighted by Gasteiger charge is 2.04. The molecule has 1 aromatic carbocycles. The van der Waals surface area contributed by atoms with Gasteiger partial charge in [-0.05, 0) is 37.0 Å². The van der Waals surface area contributed by atoms with Crippen molar-refractivity contribution in [3.8, 4) is 0 Å². The van der Waals surface area contributed by atoms with Gasteiger partial charge in [-0.2, -0.15) is 4.73 Å². The standard InChI is InChI=1S/C14H15NO2/c1-11-9-13(15(17)14(16)10-11)8-7-12-5-3-2-4-6-12/h2-6,9-10,17H,7-8H2,1H3. The lowest BCUT2D eigenvalue weighted by Gasteiger charge is -2.07. The fourth-order valence-electron chi connectivity index (χ4n) is 1.86. The lowest BCUT2D eigenvalue weighted by atomic mass is 10.1. The van der Waals surface area contributed by atoms with E-state index >= 15 is 0 Å². The Kier molecular flexibility index (Phi) is 3.28. The lowest BCUT2D eigenvalue weighted by Crippen LogP contribution is -2.21. The molecule has 0 aliphatic carbocycles. The smallest absolute Gasteiger partial charge is 0.283 e. The van der Waals surface area contributed by atoms with Gasteiger partial charge in [0, 0.05) is 6.07 Å². The lowest BCUT2D eigenvalue weighted by molar-refractivity contribution is 0.165. The quantitative estimate of drug-likeness (QED) is 0.820. The minimum atomic E-state index is -0.368. The molecule has 0 saturated heterocycles. The van der Waals surface area contributed by atoms with Gasteiger partial charge >= 0.3 is 0 Å². The zero-order valence-corrected chi connectivity index (χ0v) is 9.76. The van der Waals surface area contributed by atoms with E-state index in [9.17, 15) is 10.0 Å². The molecule has 1 N–H and O–H groups in total. The van der Waals surface area contributed by atoms with Crippen molar-refractivity contribution in [3.05, 3.63) is 69.6 Å². The molecule has 17 heavy (non-hydrogen) atoms. The summed E-state index contributed by atoms with van der Waals surface area (Å²) in [5.41, 5.74) is 2.36. The molecule has 1 aromatic heterocycles. The topological polar surface area (TPSA) is 42.2 Å². The molecular weight excluding hydrogens is 214 g/mol. The summed E-state index contributed by atoms with van der Waals surface area (Å²) in [5.74, 6) is 0. The van der Waals surface area contributed by atoms with Gasteiger partial charge in [0.1, 0.15) is 0 Å². The van der Waals surface area contributed by atoms with Gasteiger partial charge in [0.2, 0.25) is 0 Å². The van der Waals surface area contributed by atoms with Crippen LogP contribution in [0, 0.1) is 6.92 Å². The van der Waals surface area contributed by atoms with E-state index in [1.54, 1.807) is 0 Å². The highest BCUT2D eigenvalue weighted by atomic mass is 16.5. The van der Waals surface area contributed by atoms with E-state index in [1.807, 2.05) is 43.3 Å². The molecule has 0 radical (unpaired) electrons. The van der Waals surface area contributed by atoms with E-state index in [0.717, 1.165) is 16.7 Å². The molecule has 3 heteroatoms. The van der Waals surface area contributed by atoms with Crippen molar-refractivity contribution >= 4 is 0 Å². The van der Waals surface area contributed by atoms with Crippen LogP contribution in [0.25, 0.3) is 0 Å². The number of rotatable bonds is 3. The summed E-state index contributed by atoms with van der Waals surface area (Å²) in [6.45, 7) is 1.85. The third-order valence-corrected chi connectivity index (χ3v) is 2.74. The first kappa shape index (κ1) is 11.5. The average Bonchev–Trinajstić information content (AvgIpc) is 2.33. The van der Waals surface area contributed by atoms with Crippen molar-refractivity contribution in [2.45, 2.75) is 19.8 Å². The Morgan fingerprint density at radius 1 is 1.12 bits per heavy atom. The van der Waals surface area contributed by atoms with Crippen molar-refractivity contribution in [1.29, 1.82) is 0 Å². The maximum Gasteiger partial charge on any atom is 0.283 e. The van der Waals surface area contributed by atoms with Gasteiger partial charge in [-0.1, -0.05) is 30.3 Å². The van der Waals surface area contributed by atoms with Crippen LogP contribution in [-0.4, -0.2) is 9.94 Å². The first-order chi connectivity index (χ1) is 8.16. The third kappa shape index (κ3) is 2.75. The molecule has 3 nitrogen and oxygen atoms in total.